The van der Waals surface area contributed by atoms with Crippen LogP contribution in [0.25, 0.3) is 11.1 Å². The third-order valence-electron chi connectivity index (χ3n) is 4.52. The van der Waals surface area contributed by atoms with E-state index in [9.17, 15) is 9.18 Å². The molecule has 1 aliphatic rings. The molecule has 0 fully saturated rings. The standard InChI is InChI=1S/C21H17FN2O/c22-19-9-7-15(8-10-19)17-12-18(14-23-13-17)21(25)24-11-3-5-16-4-1-2-6-20(16)24/h1-2,4,6-10,12-14H,3,5,11H2. The molecule has 3 nitrogen and oxygen atoms in total. The van der Waals surface area contributed by atoms with Crippen LogP contribution in [0.15, 0.2) is 67.0 Å². The highest BCUT2D eigenvalue weighted by atomic mass is 19.1. The molecule has 4 rings (SSSR count). The molecule has 25 heavy (non-hydrogen) atoms. The van der Waals surface area contributed by atoms with Crippen LogP contribution >= 0.6 is 0 Å². The minimum atomic E-state index is -0.283. The molecule has 0 unspecified atom stereocenters. The lowest BCUT2D eigenvalue weighted by Gasteiger charge is -2.29. The summed E-state index contributed by atoms with van der Waals surface area (Å²) >= 11 is 0. The smallest absolute Gasteiger partial charge is 0.259 e. The van der Waals surface area contributed by atoms with Gasteiger partial charge in [0, 0.05) is 30.2 Å². The predicted molar refractivity (Wildman–Crippen MR) is 96.1 cm³/mol. The Hall–Kier alpha value is -3.01. The second kappa shape index (κ2) is 6.48. The van der Waals surface area contributed by atoms with Gasteiger partial charge in [0.15, 0.2) is 0 Å². The van der Waals surface area contributed by atoms with E-state index < -0.39 is 0 Å². The van der Waals surface area contributed by atoms with Gasteiger partial charge in [-0.3, -0.25) is 9.78 Å². The number of benzene rings is 2. The van der Waals surface area contributed by atoms with Gasteiger partial charge >= 0.3 is 0 Å². The monoisotopic (exact) mass is 332 g/mol. The number of fused-ring (bicyclic) bond motifs is 1. The summed E-state index contributed by atoms with van der Waals surface area (Å²) in [5, 5.41) is 0. The van der Waals surface area contributed by atoms with Gasteiger partial charge in [0.2, 0.25) is 0 Å². The number of para-hydroxylation sites is 1. The van der Waals surface area contributed by atoms with Gasteiger partial charge in [0.25, 0.3) is 5.91 Å². The number of aromatic nitrogens is 1. The van der Waals surface area contributed by atoms with Gasteiger partial charge in [0.05, 0.1) is 5.56 Å². The minimum Gasteiger partial charge on any atom is -0.308 e. The average molecular weight is 332 g/mol. The Morgan fingerprint density at radius 1 is 1.00 bits per heavy atom. The second-order valence-corrected chi connectivity index (χ2v) is 6.16. The number of hydrogen-bond donors (Lipinski definition) is 0. The maximum absolute atomic E-state index is 13.1. The lowest BCUT2D eigenvalue weighted by molar-refractivity contribution is 0.0985. The Morgan fingerprint density at radius 2 is 1.80 bits per heavy atom. The third kappa shape index (κ3) is 3.03. The molecule has 0 atom stereocenters. The van der Waals surface area contributed by atoms with Crippen molar-refractivity contribution in [2.24, 2.45) is 0 Å². The van der Waals surface area contributed by atoms with Crippen LogP contribution in [0.4, 0.5) is 10.1 Å². The molecule has 124 valence electrons. The molecule has 2 heterocycles. The van der Waals surface area contributed by atoms with E-state index in [1.54, 1.807) is 24.5 Å². The molecular weight excluding hydrogens is 315 g/mol. The highest BCUT2D eigenvalue weighted by Gasteiger charge is 2.23. The maximum Gasteiger partial charge on any atom is 0.259 e. The van der Waals surface area contributed by atoms with Crippen molar-refractivity contribution in [3.05, 3.63) is 83.9 Å². The van der Waals surface area contributed by atoms with Crippen molar-refractivity contribution in [1.82, 2.24) is 4.98 Å². The van der Waals surface area contributed by atoms with E-state index in [-0.39, 0.29) is 11.7 Å². The predicted octanol–water partition coefficient (Wildman–Crippen LogP) is 4.48. The molecule has 0 N–H and O–H groups in total. The molecule has 0 radical (unpaired) electrons. The largest absolute Gasteiger partial charge is 0.308 e. The lowest BCUT2D eigenvalue weighted by atomic mass is 10.0. The van der Waals surface area contributed by atoms with Gasteiger partial charge in [-0.25, -0.2) is 4.39 Å². The summed E-state index contributed by atoms with van der Waals surface area (Å²) in [5.74, 6) is -0.336. The van der Waals surface area contributed by atoms with Crippen LogP contribution in [0.5, 0.6) is 0 Å². The van der Waals surface area contributed by atoms with E-state index in [2.05, 4.69) is 11.1 Å². The van der Waals surface area contributed by atoms with E-state index >= 15 is 0 Å². The van der Waals surface area contributed by atoms with Crippen molar-refractivity contribution in [3.63, 3.8) is 0 Å². The number of anilines is 1. The summed E-state index contributed by atoms with van der Waals surface area (Å²) in [7, 11) is 0. The first-order valence-electron chi connectivity index (χ1n) is 8.33. The van der Waals surface area contributed by atoms with Gasteiger partial charge in [0.1, 0.15) is 5.82 Å². The van der Waals surface area contributed by atoms with Crippen molar-refractivity contribution in [3.8, 4) is 11.1 Å². The molecule has 0 bridgehead atoms. The highest BCUT2D eigenvalue weighted by Crippen LogP contribution is 2.28. The zero-order chi connectivity index (χ0) is 17.2. The molecule has 0 saturated heterocycles. The molecule has 4 heteroatoms. The van der Waals surface area contributed by atoms with Crippen LogP contribution < -0.4 is 4.90 Å². The van der Waals surface area contributed by atoms with Crippen LogP contribution in [0, 0.1) is 5.82 Å². The fourth-order valence-corrected chi connectivity index (χ4v) is 3.26. The molecule has 2 aromatic carbocycles. The van der Waals surface area contributed by atoms with E-state index in [1.165, 1.54) is 17.7 Å². The number of aryl methyl sites for hydroxylation is 1. The van der Waals surface area contributed by atoms with Crippen molar-refractivity contribution >= 4 is 11.6 Å². The number of pyridine rings is 1. The topological polar surface area (TPSA) is 33.2 Å². The molecule has 1 aliphatic heterocycles. The summed E-state index contributed by atoms with van der Waals surface area (Å²) in [6, 6.07) is 16.0. The van der Waals surface area contributed by atoms with E-state index in [0.29, 0.717) is 12.1 Å². The highest BCUT2D eigenvalue weighted by molar-refractivity contribution is 6.07. The summed E-state index contributed by atoms with van der Waals surface area (Å²) < 4.78 is 13.1. The number of amides is 1. The van der Waals surface area contributed by atoms with Crippen molar-refractivity contribution in [2.75, 3.05) is 11.4 Å². The van der Waals surface area contributed by atoms with Crippen LogP contribution in [0.1, 0.15) is 22.3 Å². The van der Waals surface area contributed by atoms with Gasteiger partial charge < -0.3 is 4.90 Å². The summed E-state index contributed by atoms with van der Waals surface area (Å²) in [5.41, 5.74) is 4.35. The Balaban J connectivity index is 1.68. The normalized spacial score (nSPS) is 13.4. The van der Waals surface area contributed by atoms with Gasteiger partial charge in [-0.1, -0.05) is 30.3 Å². The number of rotatable bonds is 2. The van der Waals surface area contributed by atoms with Crippen molar-refractivity contribution in [2.45, 2.75) is 12.8 Å². The molecule has 0 spiro atoms. The second-order valence-electron chi connectivity index (χ2n) is 6.16. The number of carbonyl (C=O) groups excluding carboxylic acids is 1. The first-order chi connectivity index (χ1) is 12.2. The fraction of sp³-hybridized carbons (Fsp3) is 0.143. The summed E-state index contributed by atoms with van der Waals surface area (Å²) in [6.45, 7) is 0.705. The first kappa shape index (κ1) is 15.5. The maximum atomic E-state index is 13.1. The van der Waals surface area contributed by atoms with Gasteiger partial charge in [-0.2, -0.15) is 0 Å². The molecular formula is C21H17FN2O. The molecule has 3 aromatic rings. The zero-order valence-electron chi connectivity index (χ0n) is 13.7. The van der Waals surface area contributed by atoms with E-state index in [1.807, 2.05) is 29.2 Å². The van der Waals surface area contributed by atoms with Gasteiger partial charge in [-0.15, -0.1) is 0 Å². The lowest BCUT2D eigenvalue weighted by Crippen LogP contribution is -2.35. The minimum absolute atomic E-state index is 0.0522. The van der Waals surface area contributed by atoms with Crippen LogP contribution in [-0.4, -0.2) is 17.4 Å². The Bertz CT molecular complexity index is 921. The molecule has 1 amide bonds. The van der Waals surface area contributed by atoms with Crippen molar-refractivity contribution < 1.29 is 9.18 Å². The summed E-state index contributed by atoms with van der Waals surface area (Å²) in [6.07, 6.45) is 5.22. The van der Waals surface area contributed by atoms with E-state index in [4.69, 9.17) is 0 Å². The Morgan fingerprint density at radius 3 is 2.64 bits per heavy atom. The third-order valence-corrected chi connectivity index (χ3v) is 4.52. The number of carbonyl (C=O) groups is 1. The molecule has 0 aliphatic carbocycles. The Kier molecular flexibility index (Phi) is 4.02. The first-order valence-corrected chi connectivity index (χ1v) is 8.33. The SMILES string of the molecule is O=C(c1cncc(-c2ccc(F)cc2)c1)N1CCCc2ccccc21. The number of nitrogens with zero attached hydrogens (tertiary/aromatic N) is 2. The van der Waals surface area contributed by atoms with E-state index in [0.717, 1.165) is 29.7 Å². The van der Waals surface area contributed by atoms with Crippen LogP contribution in [-0.2, 0) is 6.42 Å². The Labute approximate surface area is 145 Å². The van der Waals surface area contributed by atoms with Gasteiger partial charge in [-0.05, 0) is 48.2 Å². The van der Waals surface area contributed by atoms with Crippen LogP contribution in [0.3, 0.4) is 0 Å². The summed E-state index contributed by atoms with van der Waals surface area (Å²) in [4.78, 5) is 19.1. The average Bonchev–Trinajstić information content (AvgIpc) is 2.68. The molecule has 0 saturated carbocycles. The quantitative estimate of drug-likeness (QED) is 0.693. The fourth-order valence-electron chi connectivity index (χ4n) is 3.26. The van der Waals surface area contributed by atoms with Crippen molar-refractivity contribution in [1.29, 1.82) is 0 Å². The zero-order valence-corrected chi connectivity index (χ0v) is 13.7. The van der Waals surface area contributed by atoms with Crippen LogP contribution in [0.2, 0.25) is 0 Å². The number of halogens is 1. The number of hydrogen-bond acceptors (Lipinski definition) is 2. The molecule has 1 aromatic heterocycles.